The molecule has 33 heavy (non-hydrogen) atoms. The third kappa shape index (κ3) is 14.6. The number of nitrogens with two attached hydrogens (primary N) is 1. The first-order chi connectivity index (χ1) is 16.1. The molecule has 0 aromatic heterocycles. The van der Waals surface area contributed by atoms with Gasteiger partial charge in [-0.05, 0) is 6.42 Å². The number of carboxylic acid groups (broad SMARTS) is 1. The summed E-state index contributed by atoms with van der Waals surface area (Å²) in [6.45, 7) is 3.41. The van der Waals surface area contributed by atoms with E-state index in [1.165, 1.54) is 116 Å². The average molecular weight is 465 g/mol. The van der Waals surface area contributed by atoms with E-state index < -0.39 is 5.97 Å². The van der Waals surface area contributed by atoms with Gasteiger partial charge in [-0.1, -0.05) is 122 Å². The normalized spacial score (nSPS) is 17.6. The summed E-state index contributed by atoms with van der Waals surface area (Å²) in [7, 11) is 0. The zero-order valence-electron chi connectivity index (χ0n) is 21.7. The average Bonchev–Trinajstić information content (AvgIpc) is 3.16. The van der Waals surface area contributed by atoms with E-state index in [9.17, 15) is 9.90 Å². The Hall–Kier alpha value is -1.20. The van der Waals surface area contributed by atoms with E-state index in [0.29, 0.717) is 17.6 Å². The highest BCUT2D eigenvalue weighted by atomic mass is 16.4. The van der Waals surface area contributed by atoms with Gasteiger partial charge in [-0.3, -0.25) is 0 Å². The Morgan fingerprint density at radius 1 is 0.788 bits per heavy atom. The van der Waals surface area contributed by atoms with Crippen LogP contribution >= 0.6 is 0 Å². The molecule has 1 aliphatic heterocycles. The molecule has 0 saturated carbocycles. The van der Waals surface area contributed by atoms with Gasteiger partial charge < -0.3 is 10.8 Å². The fraction of sp³-hybridized carbons (Fsp3) is 0.857. The monoisotopic (exact) mass is 464 g/mol. The van der Waals surface area contributed by atoms with Crippen molar-refractivity contribution in [1.29, 1.82) is 0 Å². The Kier molecular flexibility index (Phi) is 18.3. The van der Waals surface area contributed by atoms with Gasteiger partial charge in [0.05, 0.1) is 6.20 Å². The molecule has 192 valence electrons. The van der Waals surface area contributed by atoms with Gasteiger partial charge in [0, 0.05) is 13.0 Å². The number of quaternary nitrogens is 1. The maximum atomic E-state index is 11.3. The van der Waals surface area contributed by atoms with E-state index in [-0.39, 0.29) is 6.54 Å². The summed E-state index contributed by atoms with van der Waals surface area (Å²) >= 11 is 0. The maximum absolute atomic E-state index is 11.3. The summed E-state index contributed by atoms with van der Waals surface area (Å²) < 4.78 is 0.310. The second-order valence-electron chi connectivity index (χ2n) is 10.1. The van der Waals surface area contributed by atoms with Gasteiger partial charge in [0.15, 0.2) is 6.54 Å². The third-order valence-corrected chi connectivity index (χ3v) is 7.04. The van der Waals surface area contributed by atoms with Crippen LogP contribution < -0.4 is 5.73 Å². The lowest BCUT2D eigenvalue weighted by molar-refractivity contribution is -0.778. The van der Waals surface area contributed by atoms with Crippen molar-refractivity contribution in [1.82, 2.24) is 0 Å². The van der Waals surface area contributed by atoms with Gasteiger partial charge in [0.1, 0.15) is 12.7 Å². The minimum absolute atomic E-state index is 0.0473. The molecule has 0 fully saturated rings. The molecule has 1 rings (SSSR count). The Balaban J connectivity index is 1.88. The predicted octanol–water partition coefficient (Wildman–Crippen LogP) is 7.55. The number of carboxylic acids is 1. The van der Waals surface area contributed by atoms with Crippen LogP contribution in [0.25, 0.3) is 0 Å². The van der Waals surface area contributed by atoms with Crippen LogP contribution in [0, 0.1) is 0 Å². The number of hydrogen-bond donors (Lipinski definition) is 2. The van der Waals surface area contributed by atoms with Crippen molar-refractivity contribution in [2.75, 3.05) is 19.6 Å². The van der Waals surface area contributed by atoms with Crippen LogP contribution in [-0.4, -0.2) is 41.0 Å². The van der Waals surface area contributed by atoms with E-state index in [4.69, 9.17) is 5.73 Å². The molecule has 5 nitrogen and oxygen atoms in total. The van der Waals surface area contributed by atoms with E-state index in [1.807, 2.05) is 6.20 Å². The number of nitrogens with zero attached hydrogens (tertiary/aromatic N) is 2. The van der Waals surface area contributed by atoms with Crippen LogP contribution in [0.4, 0.5) is 0 Å². The standard InChI is InChI=1S/C28H53N3O2/c1-2-3-4-5-6-7-8-9-10-11-12-13-14-15-16-17-18-19-20-21-27-30-23-25-31(27,24-22-29)26-28(32)33/h23,25H,2-22,24,26,29H2,1H3/p+1. The van der Waals surface area contributed by atoms with Crippen LogP contribution in [0.3, 0.4) is 0 Å². The minimum Gasteiger partial charge on any atom is -0.477 e. The van der Waals surface area contributed by atoms with Gasteiger partial charge in [0.2, 0.25) is 5.84 Å². The van der Waals surface area contributed by atoms with E-state index in [2.05, 4.69) is 11.9 Å². The summed E-state index contributed by atoms with van der Waals surface area (Å²) in [5.74, 6) is 0.172. The Bertz CT molecular complexity index is 547. The highest BCUT2D eigenvalue weighted by molar-refractivity contribution is 5.81. The molecule has 1 heterocycles. The number of aliphatic imine (C=N–C) groups is 1. The van der Waals surface area contributed by atoms with Crippen molar-refractivity contribution in [2.24, 2.45) is 10.7 Å². The first-order valence-corrected chi connectivity index (χ1v) is 14.2. The fourth-order valence-electron chi connectivity index (χ4n) is 5.00. The molecule has 3 N–H and O–H groups in total. The number of amidine groups is 1. The number of rotatable bonds is 24. The number of hydrogen-bond acceptors (Lipinski definition) is 3. The van der Waals surface area contributed by atoms with Crippen molar-refractivity contribution in [3.05, 3.63) is 12.4 Å². The van der Waals surface area contributed by atoms with Gasteiger partial charge >= 0.3 is 5.97 Å². The molecule has 0 bridgehead atoms. The van der Waals surface area contributed by atoms with E-state index >= 15 is 0 Å². The van der Waals surface area contributed by atoms with Crippen molar-refractivity contribution >= 4 is 11.8 Å². The summed E-state index contributed by atoms with van der Waals surface area (Å²) in [4.78, 5) is 15.8. The molecule has 0 radical (unpaired) electrons. The lowest BCUT2D eigenvalue weighted by atomic mass is 10.0. The summed E-state index contributed by atoms with van der Waals surface area (Å²) in [5, 5.41) is 9.27. The molecule has 1 atom stereocenters. The van der Waals surface area contributed by atoms with Crippen LogP contribution in [0.1, 0.15) is 135 Å². The molecule has 0 saturated heterocycles. The fourth-order valence-corrected chi connectivity index (χ4v) is 5.00. The van der Waals surface area contributed by atoms with Crippen LogP contribution in [0.15, 0.2) is 17.4 Å². The first kappa shape index (κ1) is 29.8. The molecule has 5 heteroatoms. The Morgan fingerprint density at radius 2 is 1.21 bits per heavy atom. The zero-order valence-corrected chi connectivity index (χ0v) is 21.7. The van der Waals surface area contributed by atoms with Gasteiger partial charge in [-0.2, -0.15) is 0 Å². The van der Waals surface area contributed by atoms with E-state index in [0.717, 1.165) is 18.7 Å². The molecule has 0 spiro atoms. The molecular weight excluding hydrogens is 410 g/mol. The highest BCUT2D eigenvalue weighted by Crippen LogP contribution is 2.21. The second kappa shape index (κ2) is 20.2. The molecule has 1 unspecified atom stereocenters. The second-order valence-corrected chi connectivity index (χ2v) is 10.1. The summed E-state index contributed by atoms with van der Waals surface area (Å²) in [6, 6.07) is 0. The van der Waals surface area contributed by atoms with Crippen molar-refractivity contribution in [3.63, 3.8) is 0 Å². The Labute approximate surface area is 204 Å². The summed E-state index contributed by atoms with van der Waals surface area (Å²) in [6.07, 6.45) is 30.7. The Morgan fingerprint density at radius 3 is 1.61 bits per heavy atom. The molecule has 1 aliphatic rings. The zero-order chi connectivity index (χ0) is 24.0. The predicted molar refractivity (Wildman–Crippen MR) is 141 cm³/mol. The van der Waals surface area contributed by atoms with Gasteiger partial charge in [-0.15, -0.1) is 0 Å². The van der Waals surface area contributed by atoms with Crippen LogP contribution in [-0.2, 0) is 4.79 Å². The number of unbranched alkanes of at least 4 members (excludes halogenated alkanes) is 18. The van der Waals surface area contributed by atoms with E-state index in [1.54, 1.807) is 6.20 Å². The summed E-state index contributed by atoms with van der Waals surface area (Å²) in [5.41, 5.74) is 5.74. The minimum atomic E-state index is -0.795. The molecule has 0 aliphatic carbocycles. The van der Waals surface area contributed by atoms with Crippen molar-refractivity contribution < 1.29 is 14.4 Å². The molecule has 0 aromatic rings. The largest absolute Gasteiger partial charge is 0.477 e. The first-order valence-electron chi connectivity index (χ1n) is 14.2. The maximum Gasteiger partial charge on any atom is 0.360 e. The van der Waals surface area contributed by atoms with Gasteiger partial charge in [-0.25, -0.2) is 14.3 Å². The lowest BCUT2D eigenvalue weighted by Gasteiger charge is -2.30. The quantitative estimate of drug-likeness (QED) is 0.114. The van der Waals surface area contributed by atoms with Crippen LogP contribution in [0.2, 0.25) is 0 Å². The highest BCUT2D eigenvalue weighted by Gasteiger charge is 2.36. The number of carbonyl (C=O) groups is 1. The molecule has 0 aromatic carbocycles. The van der Waals surface area contributed by atoms with Crippen molar-refractivity contribution in [2.45, 2.75) is 135 Å². The topological polar surface area (TPSA) is 75.7 Å². The third-order valence-electron chi connectivity index (χ3n) is 7.04. The smallest absolute Gasteiger partial charge is 0.360 e. The molecule has 0 amide bonds. The van der Waals surface area contributed by atoms with Crippen LogP contribution in [0.5, 0.6) is 0 Å². The van der Waals surface area contributed by atoms with Crippen molar-refractivity contribution in [3.8, 4) is 0 Å². The number of aliphatic carboxylic acids is 1. The molecular formula is C28H54N3O2+. The van der Waals surface area contributed by atoms with Gasteiger partial charge in [0.25, 0.3) is 0 Å². The lowest BCUT2D eigenvalue weighted by Crippen LogP contribution is -2.52. The SMILES string of the molecule is CCCCCCCCCCCCCCCCCCCCCC1=NC=C[N+]1(CCN)CC(=O)O.